The van der Waals surface area contributed by atoms with Gasteiger partial charge in [-0.3, -0.25) is 0 Å². The van der Waals surface area contributed by atoms with Gasteiger partial charge in [0.05, 0.1) is 0 Å². The number of hydrogen-bond acceptors (Lipinski definition) is 1. The highest BCUT2D eigenvalue weighted by Crippen LogP contribution is 2.24. The van der Waals surface area contributed by atoms with Crippen molar-refractivity contribution in [2.24, 2.45) is 0 Å². The molecular weight excluding hydrogens is 347 g/mol. The monoisotopic (exact) mass is 364 g/mol. The summed E-state index contributed by atoms with van der Waals surface area (Å²) in [7, 11) is 0. The van der Waals surface area contributed by atoms with Crippen molar-refractivity contribution in [2.45, 2.75) is 20.3 Å². The Morgan fingerprint density at radius 1 is 1.18 bits per heavy atom. The van der Waals surface area contributed by atoms with Crippen molar-refractivity contribution in [3.05, 3.63) is 63.4 Å². The van der Waals surface area contributed by atoms with Crippen molar-refractivity contribution >= 4 is 27.6 Å². The Hall–Kier alpha value is -1.88. The first-order valence-corrected chi connectivity index (χ1v) is 7.81. The van der Waals surface area contributed by atoms with Gasteiger partial charge in [0.25, 0.3) is 0 Å². The number of aryl methyl sites for hydroxylation is 2. The lowest BCUT2D eigenvalue weighted by molar-refractivity contribution is 0.252. The van der Waals surface area contributed by atoms with E-state index in [4.69, 9.17) is 0 Å². The molecule has 3 nitrogen and oxygen atoms in total. The molecule has 2 aromatic carbocycles. The normalized spacial score (nSPS) is 10.4. The van der Waals surface area contributed by atoms with Crippen molar-refractivity contribution in [2.75, 3.05) is 11.9 Å². The Morgan fingerprint density at radius 3 is 2.45 bits per heavy atom. The van der Waals surface area contributed by atoms with Crippen molar-refractivity contribution < 1.29 is 9.18 Å². The molecule has 22 heavy (non-hydrogen) atoms. The number of anilines is 1. The number of urea groups is 1. The molecule has 0 heterocycles. The summed E-state index contributed by atoms with van der Waals surface area (Å²) in [6, 6.07) is 10.2. The second-order valence-corrected chi connectivity index (χ2v) is 6.05. The van der Waals surface area contributed by atoms with Crippen molar-refractivity contribution in [1.82, 2.24) is 5.32 Å². The van der Waals surface area contributed by atoms with Crippen LogP contribution in [0, 0.1) is 19.7 Å². The molecule has 2 N–H and O–H groups in total. The summed E-state index contributed by atoms with van der Waals surface area (Å²) in [5.74, 6) is -0.246. The average Bonchev–Trinajstić information content (AvgIpc) is 2.45. The zero-order chi connectivity index (χ0) is 16.1. The highest BCUT2D eigenvalue weighted by Gasteiger charge is 2.08. The highest BCUT2D eigenvalue weighted by atomic mass is 79.9. The fourth-order valence-electron chi connectivity index (χ4n) is 2.28. The number of carbonyl (C=O) groups excluding carboxylic acids is 1. The number of nitrogens with one attached hydrogen (secondary N) is 2. The van der Waals surface area contributed by atoms with E-state index in [0.717, 1.165) is 21.3 Å². The molecule has 0 bridgehead atoms. The summed E-state index contributed by atoms with van der Waals surface area (Å²) >= 11 is 3.42. The van der Waals surface area contributed by atoms with E-state index in [-0.39, 0.29) is 11.8 Å². The minimum Gasteiger partial charge on any atom is -0.338 e. The second-order valence-electron chi connectivity index (χ2n) is 5.14. The van der Waals surface area contributed by atoms with Crippen LogP contribution in [0.15, 0.2) is 40.9 Å². The maximum atomic E-state index is 13.5. The van der Waals surface area contributed by atoms with Gasteiger partial charge in [0, 0.05) is 16.7 Å². The van der Waals surface area contributed by atoms with E-state index >= 15 is 0 Å². The first-order valence-electron chi connectivity index (χ1n) is 7.02. The standard InChI is InChI=1S/C17H18BrFN2O/c1-11-9-14(18)10-12(2)16(11)21-17(22)20-8-7-13-5-3-4-6-15(13)19/h3-6,9-10H,7-8H2,1-2H3,(H2,20,21,22). The third-order valence-electron chi connectivity index (χ3n) is 3.37. The lowest BCUT2D eigenvalue weighted by Gasteiger charge is -2.13. The van der Waals surface area contributed by atoms with Crippen LogP contribution in [0.1, 0.15) is 16.7 Å². The predicted molar refractivity (Wildman–Crippen MR) is 90.7 cm³/mol. The number of hydrogen-bond donors (Lipinski definition) is 2. The van der Waals surface area contributed by atoms with Gasteiger partial charge in [-0.15, -0.1) is 0 Å². The van der Waals surface area contributed by atoms with Gasteiger partial charge in [-0.2, -0.15) is 0 Å². The van der Waals surface area contributed by atoms with Crippen molar-refractivity contribution in [1.29, 1.82) is 0 Å². The molecule has 0 atom stereocenters. The van der Waals surface area contributed by atoms with Crippen LogP contribution in [-0.2, 0) is 6.42 Å². The first kappa shape index (κ1) is 16.5. The lowest BCUT2D eigenvalue weighted by Crippen LogP contribution is -2.31. The summed E-state index contributed by atoms with van der Waals surface area (Å²) in [5, 5.41) is 5.59. The molecule has 0 saturated heterocycles. The van der Waals surface area contributed by atoms with E-state index in [9.17, 15) is 9.18 Å². The van der Waals surface area contributed by atoms with Crippen LogP contribution in [0.4, 0.5) is 14.9 Å². The molecule has 2 aromatic rings. The molecule has 2 amide bonds. The molecule has 5 heteroatoms. The van der Waals surface area contributed by atoms with Crippen LogP contribution < -0.4 is 10.6 Å². The molecule has 0 radical (unpaired) electrons. The summed E-state index contributed by atoms with van der Waals surface area (Å²) in [6.45, 7) is 4.25. The third-order valence-corrected chi connectivity index (χ3v) is 3.83. The Bertz CT molecular complexity index is 665. The maximum absolute atomic E-state index is 13.5. The molecule has 0 fully saturated rings. The Balaban J connectivity index is 1.90. The summed E-state index contributed by atoms with van der Waals surface area (Å²) < 4.78 is 14.5. The fourth-order valence-corrected chi connectivity index (χ4v) is 2.96. The SMILES string of the molecule is Cc1cc(Br)cc(C)c1NC(=O)NCCc1ccccc1F. The predicted octanol–water partition coefficient (Wildman–Crippen LogP) is 4.57. The zero-order valence-corrected chi connectivity index (χ0v) is 14.1. The van der Waals surface area contributed by atoms with Crippen LogP contribution in [-0.4, -0.2) is 12.6 Å². The van der Waals surface area contributed by atoms with Gasteiger partial charge in [-0.1, -0.05) is 34.1 Å². The summed E-state index contributed by atoms with van der Waals surface area (Å²) in [5.41, 5.74) is 3.36. The quantitative estimate of drug-likeness (QED) is 0.819. The van der Waals surface area contributed by atoms with Gasteiger partial charge >= 0.3 is 6.03 Å². The molecule has 0 saturated carbocycles. The van der Waals surface area contributed by atoms with E-state index in [1.807, 2.05) is 26.0 Å². The summed E-state index contributed by atoms with van der Waals surface area (Å²) in [4.78, 5) is 11.9. The Morgan fingerprint density at radius 2 is 1.82 bits per heavy atom. The van der Waals surface area contributed by atoms with Gasteiger partial charge in [0.15, 0.2) is 0 Å². The minimum atomic E-state index is -0.287. The van der Waals surface area contributed by atoms with E-state index in [1.165, 1.54) is 6.07 Å². The van der Waals surface area contributed by atoms with E-state index in [1.54, 1.807) is 18.2 Å². The number of rotatable bonds is 4. The first-order chi connectivity index (χ1) is 10.5. The van der Waals surface area contributed by atoms with Crippen molar-refractivity contribution in [3.8, 4) is 0 Å². The van der Waals surface area contributed by atoms with Crippen LogP contribution in [0.2, 0.25) is 0 Å². The van der Waals surface area contributed by atoms with Crippen LogP contribution in [0.5, 0.6) is 0 Å². The van der Waals surface area contributed by atoms with Crippen LogP contribution in [0.25, 0.3) is 0 Å². The third kappa shape index (κ3) is 4.31. The minimum absolute atomic E-state index is 0.246. The molecule has 0 aliphatic heterocycles. The Kier molecular flexibility index (Phi) is 5.55. The van der Waals surface area contributed by atoms with Crippen LogP contribution in [0.3, 0.4) is 0 Å². The smallest absolute Gasteiger partial charge is 0.319 e. The molecule has 0 aromatic heterocycles. The number of halogens is 2. The molecule has 116 valence electrons. The van der Waals surface area contributed by atoms with Gasteiger partial charge in [0.2, 0.25) is 0 Å². The molecule has 2 rings (SSSR count). The lowest BCUT2D eigenvalue weighted by atomic mass is 10.1. The van der Waals surface area contributed by atoms with E-state index < -0.39 is 0 Å². The molecule has 0 unspecified atom stereocenters. The number of benzene rings is 2. The molecule has 0 aliphatic carbocycles. The molecule has 0 spiro atoms. The number of carbonyl (C=O) groups is 1. The van der Waals surface area contributed by atoms with E-state index in [2.05, 4.69) is 26.6 Å². The Labute approximate surface area is 138 Å². The zero-order valence-electron chi connectivity index (χ0n) is 12.5. The average molecular weight is 365 g/mol. The topological polar surface area (TPSA) is 41.1 Å². The van der Waals surface area contributed by atoms with Gasteiger partial charge in [-0.25, -0.2) is 9.18 Å². The largest absolute Gasteiger partial charge is 0.338 e. The maximum Gasteiger partial charge on any atom is 0.319 e. The summed E-state index contributed by atoms with van der Waals surface area (Å²) in [6.07, 6.45) is 0.457. The highest BCUT2D eigenvalue weighted by molar-refractivity contribution is 9.10. The fraction of sp³-hybridized carbons (Fsp3) is 0.235. The second kappa shape index (κ2) is 7.40. The van der Waals surface area contributed by atoms with Crippen LogP contribution >= 0.6 is 15.9 Å². The van der Waals surface area contributed by atoms with Gasteiger partial charge < -0.3 is 10.6 Å². The van der Waals surface area contributed by atoms with E-state index in [0.29, 0.717) is 18.5 Å². The molecule has 0 aliphatic rings. The van der Waals surface area contributed by atoms with Gasteiger partial charge in [0.1, 0.15) is 5.82 Å². The van der Waals surface area contributed by atoms with Gasteiger partial charge in [-0.05, 0) is 55.2 Å². The number of amides is 2. The van der Waals surface area contributed by atoms with Crippen molar-refractivity contribution in [3.63, 3.8) is 0 Å². The molecular formula is C17H18BrFN2O.